The normalized spacial score (nSPS) is 15.1. The van der Waals surface area contributed by atoms with Crippen LogP contribution in [0.4, 0.5) is 5.95 Å². The minimum absolute atomic E-state index is 0.396. The molecule has 1 saturated heterocycles. The Kier molecular flexibility index (Phi) is 10.1. The summed E-state index contributed by atoms with van der Waals surface area (Å²) in [6, 6.07) is 6.14. The molecule has 190 valence electrons. The fourth-order valence-corrected chi connectivity index (χ4v) is 4.73. The Hall–Kier alpha value is -2.24. The van der Waals surface area contributed by atoms with Crippen LogP contribution in [0.1, 0.15) is 43.7 Å². The Labute approximate surface area is 203 Å². The summed E-state index contributed by atoms with van der Waals surface area (Å²) < 4.78 is 36.3. The molecular weight excluding hydrogens is 456 g/mol. The first-order valence-electron chi connectivity index (χ1n) is 12.1. The summed E-state index contributed by atoms with van der Waals surface area (Å²) in [5.41, 5.74) is 2.36. The van der Waals surface area contributed by atoms with Gasteiger partial charge < -0.3 is 14.4 Å². The van der Waals surface area contributed by atoms with Gasteiger partial charge in [-0.3, -0.25) is 0 Å². The first kappa shape index (κ1) is 26.4. The van der Waals surface area contributed by atoms with Crippen molar-refractivity contribution in [3.05, 3.63) is 29.3 Å². The van der Waals surface area contributed by atoms with Gasteiger partial charge in [0.2, 0.25) is 10.0 Å². The number of piperidine rings is 1. The fraction of sp³-hybridized carbons (Fsp3) is 0.696. The maximum absolute atomic E-state index is 11.3. The first-order valence-corrected chi connectivity index (χ1v) is 14.0. The molecule has 1 fully saturated rings. The van der Waals surface area contributed by atoms with Gasteiger partial charge in [0.1, 0.15) is 5.75 Å². The second-order valence-corrected chi connectivity index (χ2v) is 10.6. The second kappa shape index (κ2) is 13.0. The van der Waals surface area contributed by atoms with Crippen LogP contribution >= 0.6 is 0 Å². The van der Waals surface area contributed by atoms with Crippen LogP contribution in [-0.2, 0) is 34.1 Å². The van der Waals surface area contributed by atoms with Crippen LogP contribution in [0, 0.1) is 5.92 Å². The zero-order valence-corrected chi connectivity index (χ0v) is 21.4. The van der Waals surface area contributed by atoms with Gasteiger partial charge in [0.05, 0.1) is 26.0 Å². The summed E-state index contributed by atoms with van der Waals surface area (Å²) >= 11 is 0. The number of aromatic nitrogens is 4. The maximum atomic E-state index is 11.3. The van der Waals surface area contributed by atoms with Gasteiger partial charge in [-0.1, -0.05) is 18.1 Å². The summed E-state index contributed by atoms with van der Waals surface area (Å²) in [7, 11) is -1.51. The fourth-order valence-electron chi connectivity index (χ4n) is 4.25. The lowest BCUT2D eigenvalue weighted by atomic mass is 9.92. The van der Waals surface area contributed by atoms with E-state index < -0.39 is 10.0 Å². The Morgan fingerprint density at radius 3 is 2.68 bits per heavy atom. The average Bonchev–Trinajstić information content (AvgIpc) is 3.29. The van der Waals surface area contributed by atoms with Gasteiger partial charge in [-0.05, 0) is 72.9 Å². The van der Waals surface area contributed by atoms with Crippen LogP contribution in [0.3, 0.4) is 0 Å². The number of benzene rings is 1. The van der Waals surface area contributed by atoms with E-state index in [1.165, 1.54) is 11.8 Å². The smallest absolute Gasteiger partial charge is 0.266 e. The van der Waals surface area contributed by atoms with Crippen LogP contribution in [0.2, 0.25) is 0 Å². The van der Waals surface area contributed by atoms with Gasteiger partial charge in [-0.2, -0.15) is 4.80 Å². The number of aryl methyl sites for hydroxylation is 1. The number of nitrogens with zero attached hydrogens (tertiary/aromatic N) is 5. The van der Waals surface area contributed by atoms with Crippen LogP contribution in [0.25, 0.3) is 0 Å². The number of rotatable bonds is 14. The van der Waals surface area contributed by atoms with E-state index in [1.807, 2.05) is 12.1 Å². The largest absolute Gasteiger partial charge is 0.494 e. The van der Waals surface area contributed by atoms with Gasteiger partial charge in [0, 0.05) is 26.7 Å². The molecule has 1 N–H and O–H groups in total. The van der Waals surface area contributed by atoms with Crippen molar-refractivity contribution >= 4 is 16.0 Å². The highest BCUT2D eigenvalue weighted by Crippen LogP contribution is 2.25. The molecule has 10 nitrogen and oxygen atoms in total. The van der Waals surface area contributed by atoms with Crippen LogP contribution in [-0.4, -0.2) is 74.8 Å². The van der Waals surface area contributed by atoms with Crippen molar-refractivity contribution < 1.29 is 17.9 Å². The van der Waals surface area contributed by atoms with E-state index in [1.54, 1.807) is 11.9 Å². The van der Waals surface area contributed by atoms with Crippen molar-refractivity contribution in [1.82, 2.24) is 24.9 Å². The number of ether oxygens (including phenoxy) is 2. The van der Waals surface area contributed by atoms with Crippen molar-refractivity contribution in [3.63, 3.8) is 0 Å². The summed E-state index contributed by atoms with van der Waals surface area (Å²) in [6.07, 6.45) is 7.14. The third-order valence-corrected chi connectivity index (χ3v) is 6.91. The van der Waals surface area contributed by atoms with E-state index in [4.69, 9.17) is 9.47 Å². The summed E-state index contributed by atoms with van der Waals surface area (Å²) in [4.78, 5) is 3.79. The third-order valence-electron chi connectivity index (χ3n) is 6.18. The highest BCUT2D eigenvalue weighted by Gasteiger charge is 2.22. The topological polar surface area (TPSA) is 111 Å². The highest BCUT2D eigenvalue weighted by atomic mass is 32.2. The van der Waals surface area contributed by atoms with Gasteiger partial charge >= 0.3 is 0 Å². The molecule has 0 aliphatic carbocycles. The minimum atomic E-state index is -3.17. The van der Waals surface area contributed by atoms with E-state index in [0.717, 1.165) is 56.5 Å². The molecule has 1 aliphatic rings. The summed E-state index contributed by atoms with van der Waals surface area (Å²) in [5, 5.41) is 12.7. The van der Waals surface area contributed by atoms with E-state index in [9.17, 15) is 8.42 Å². The maximum Gasteiger partial charge on any atom is 0.266 e. The molecule has 2 heterocycles. The van der Waals surface area contributed by atoms with E-state index in [2.05, 4.69) is 38.0 Å². The SMILES string of the molecule is CCc1ccc(OCCCC2CCN(c3nnn(CCOC)n3)CC2)cc1CCNS(C)(=O)=O. The molecule has 0 amide bonds. The number of anilines is 1. The molecule has 1 aliphatic heterocycles. The number of nitrogens with one attached hydrogen (secondary N) is 1. The number of tetrazole rings is 1. The van der Waals surface area contributed by atoms with Crippen molar-refractivity contribution in [2.45, 2.75) is 52.0 Å². The predicted molar refractivity (Wildman–Crippen MR) is 132 cm³/mol. The van der Waals surface area contributed by atoms with Gasteiger partial charge in [0.25, 0.3) is 5.95 Å². The van der Waals surface area contributed by atoms with E-state index in [-0.39, 0.29) is 0 Å². The average molecular weight is 495 g/mol. The Balaban J connectivity index is 1.37. The molecule has 0 bridgehead atoms. The highest BCUT2D eigenvalue weighted by molar-refractivity contribution is 7.88. The number of hydrogen-bond donors (Lipinski definition) is 1. The number of hydrogen-bond acceptors (Lipinski definition) is 8. The van der Waals surface area contributed by atoms with E-state index >= 15 is 0 Å². The number of sulfonamides is 1. The standard InChI is InChI=1S/C23H38N6O4S/c1-4-20-7-8-22(18-21(20)9-12-24-34(3,30)31)33-16-5-6-19-10-13-28(14-11-19)23-25-27-29(26-23)15-17-32-2/h7-8,18-19,24H,4-6,9-17H2,1-3H3. The molecule has 1 aromatic heterocycles. The van der Waals surface area contributed by atoms with Gasteiger partial charge in [-0.15, -0.1) is 5.10 Å². The Morgan fingerprint density at radius 1 is 1.18 bits per heavy atom. The third kappa shape index (κ3) is 8.52. The van der Waals surface area contributed by atoms with Gasteiger partial charge in [-0.25, -0.2) is 13.1 Å². The second-order valence-electron chi connectivity index (χ2n) is 8.80. The molecule has 2 aromatic rings. The quantitative estimate of drug-likeness (QED) is 0.397. The molecule has 1 aromatic carbocycles. The Bertz CT molecular complexity index is 989. The van der Waals surface area contributed by atoms with E-state index in [0.29, 0.717) is 44.6 Å². The molecule has 0 atom stereocenters. The molecule has 0 saturated carbocycles. The lowest BCUT2D eigenvalue weighted by Gasteiger charge is -2.30. The predicted octanol–water partition coefficient (Wildman–Crippen LogP) is 2.05. The number of methoxy groups -OCH3 is 1. The lowest BCUT2D eigenvalue weighted by Crippen LogP contribution is -2.34. The Morgan fingerprint density at radius 2 is 1.97 bits per heavy atom. The van der Waals surface area contributed by atoms with Crippen LogP contribution in [0.5, 0.6) is 5.75 Å². The van der Waals surface area contributed by atoms with Gasteiger partial charge in [0.15, 0.2) is 0 Å². The van der Waals surface area contributed by atoms with Crippen LogP contribution in [0.15, 0.2) is 18.2 Å². The molecule has 0 spiro atoms. The minimum Gasteiger partial charge on any atom is -0.494 e. The molecule has 34 heavy (non-hydrogen) atoms. The molecule has 11 heteroatoms. The summed E-state index contributed by atoms with van der Waals surface area (Å²) in [6.45, 7) is 6.27. The lowest BCUT2D eigenvalue weighted by molar-refractivity contribution is 0.178. The van der Waals surface area contributed by atoms with Crippen molar-refractivity contribution in [1.29, 1.82) is 0 Å². The summed E-state index contributed by atoms with van der Waals surface area (Å²) in [5.74, 6) is 2.24. The van der Waals surface area contributed by atoms with Crippen LogP contribution < -0.4 is 14.4 Å². The first-order chi connectivity index (χ1) is 16.4. The van der Waals surface area contributed by atoms with Crippen molar-refractivity contribution in [2.75, 3.05) is 51.1 Å². The molecule has 0 unspecified atom stereocenters. The zero-order chi connectivity index (χ0) is 24.4. The zero-order valence-electron chi connectivity index (χ0n) is 20.6. The molecule has 0 radical (unpaired) electrons. The molecule has 3 rings (SSSR count). The molecular formula is C23H38N6O4S. The van der Waals surface area contributed by atoms with Crippen molar-refractivity contribution in [3.8, 4) is 5.75 Å². The monoisotopic (exact) mass is 494 g/mol. The van der Waals surface area contributed by atoms with Crippen molar-refractivity contribution in [2.24, 2.45) is 5.92 Å².